The number of hydrogen-bond acceptors (Lipinski definition) is 2. The average molecular weight is 231 g/mol. The molecule has 0 fully saturated rings. The maximum atomic E-state index is 13.5. The molecule has 2 nitrogen and oxygen atoms in total. The Balaban J connectivity index is 2.67. The SMILES string of the molecule is CCCOC(=O)[C@H](F)c1cccc(Cl)c1. The molecule has 0 heterocycles. The van der Waals surface area contributed by atoms with Crippen LogP contribution in [0.3, 0.4) is 0 Å². The first-order chi connectivity index (χ1) is 7.15. The van der Waals surface area contributed by atoms with E-state index in [0.717, 1.165) is 0 Å². The van der Waals surface area contributed by atoms with Crippen molar-refractivity contribution >= 4 is 17.6 Å². The summed E-state index contributed by atoms with van der Waals surface area (Å²) in [5, 5.41) is 0.401. The van der Waals surface area contributed by atoms with Crippen molar-refractivity contribution in [3.8, 4) is 0 Å². The Labute approximate surface area is 93.0 Å². The smallest absolute Gasteiger partial charge is 0.345 e. The van der Waals surface area contributed by atoms with Crippen molar-refractivity contribution < 1.29 is 13.9 Å². The molecule has 0 radical (unpaired) electrons. The van der Waals surface area contributed by atoms with Gasteiger partial charge in [0.1, 0.15) is 0 Å². The summed E-state index contributed by atoms with van der Waals surface area (Å²) in [4.78, 5) is 11.2. The number of esters is 1. The molecule has 15 heavy (non-hydrogen) atoms. The molecule has 0 aliphatic carbocycles. The van der Waals surface area contributed by atoms with Crippen LogP contribution in [0.5, 0.6) is 0 Å². The second kappa shape index (κ2) is 5.71. The quantitative estimate of drug-likeness (QED) is 0.742. The molecular weight excluding hydrogens is 219 g/mol. The maximum absolute atomic E-state index is 13.5. The van der Waals surface area contributed by atoms with Crippen molar-refractivity contribution in [1.82, 2.24) is 0 Å². The lowest BCUT2D eigenvalue weighted by molar-refractivity contribution is -0.149. The van der Waals surface area contributed by atoms with E-state index in [-0.39, 0.29) is 12.2 Å². The monoisotopic (exact) mass is 230 g/mol. The molecule has 1 aromatic carbocycles. The van der Waals surface area contributed by atoms with Crippen LogP contribution >= 0.6 is 11.6 Å². The standard InChI is InChI=1S/C11H12ClFO2/c1-2-6-15-11(14)10(13)8-4-3-5-9(12)7-8/h3-5,7,10H,2,6H2,1H3/t10-/m1/s1. The molecule has 0 unspecified atom stereocenters. The van der Waals surface area contributed by atoms with Gasteiger partial charge in [-0.25, -0.2) is 9.18 Å². The van der Waals surface area contributed by atoms with Crippen molar-refractivity contribution in [1.29, 1.82) is 0 Å². The highest BCUT2D eigenvalue weighted by Crippen LogP contribution is 2.22. The molecule has 0 amide bonds. The molecule has 1 rings (SSSR count). The van der Waals surface area contributed by atoms with E-state index in [4.69, 9.17) is 16.3 Å². The number of ether oxygens (including phenoxy) is 1. The number of hydrogen-bond donors (Lipinski definition) is 0. The van der Waals surface area contributed by atoms with Crippen molar-refractivity contribution in [2.75, 3.05) is 6.61 Å². The van der Waals surface area contributed by atoms with Gasteiger partial charge in [-0.15, -0.1) is 0 Å². The predicted octanol–water partition coefficient (Wildman–Crippen LogP) is 3.30. The van der Waals surface area contributed by atoms with Gasteiger partial charge in [0.15, 0.2) is 0 Å². The number of rotatable bonds is 4. The summed E-state index contributed by atoms with van der Waals surface area (Å²) >= 11 is 5.68. The Morgan fingerprint density at radius 2 is 2.33 bits per heavy atom. The first kappa shape index (κ1) is 12.0. The third-order valence-electron chi connectivity index (χ3n) is 1.80. The molecule has 82 valence electrons. The minimum absolute atomic E-state index is 0.226. The molecule has 0 saturated heterocycles. The van der Waals surface area contributed by atoms with Crippen LogP contribution in [0.25, 0.3) is 0 Å². The van der Waals surface area contributed by atoms with E-state index in [9.17, 15) is 9.18 Å². The Kier molecular flexibility index (Phi) is 4.56. The highest BCUT2D eigenvalue weighted by molar-refractivity contribution is 6.30. The number of carbonyl (C=O) groups excluding carboxylic acids is 1. The van der Waals surface area contributed by atoms with Crippen LogP contribution in [-0.4, -0.2) is 12.6 Å². The summed E-state index contributed by atoms with van der Waals surface area (Å²) in [5.74, 6) is -0.862. The van der Waals surface area contributed by atoms with E-state index in [1.807, 2.05) is 6.92 Å². The lowest BCUT2D eigenvalue weighted by Gasteiger charge is -2.08. The second-order valence-electron chi connectivity index (χ2n) is 3.09. The highest BCUT2D eigenvalue weighted by atomic mass is 35.5. The summed E-state index contributed by atoms with van der Waals surface area (Å²) in [6.45, 7) is 2.08. The fourth-order valence-corrected chi connectivity index (χ4v) is 1.27. The summed E-state index contributed by atoms with van der Waals surface area (Å²) in [7, 11) is 0. The van der Waals surface area contributed by atoms with E-state index < -0.39 is 12.1 Å². The molecule has 4 heteroatoms. The van der Waals surface area contributed by atoms with Crippen LogP contribution in [-0.2, 0) is 9.53 Å². The molecule has 1 atom stereocenters. The Morgan fingerprint density at radius 3 is 2.93 bits per heavy atom. The highest BCUT2D eigenvalue weighted by Gasteiger charge is 2.20. The van der Waals surface area contributed by atoms with E-state index in [1.54, 1.807) is 12.1 Å². The fraction of sp³-hybridized carbons (Fsp3) is 0.364. The number of benzene rings is 1. The first-order valence-corrected chi connectivity index (χ1v) is 5.09. The largest absolute Gasteiger partial charge is 0.463 e. The van der Waals surface area contributed by atoms with Gasteiger partial charge in [-0.3, -0.25) is 0 Å². The Hall–Kier alpha value is -1.09. The van der Waals surface area contributed by atoms with Gasteiger partial charge < -0.3 is 4.74 Å². The van der Waals surface area contributed by atoms with Gasteiger partial charge >= 0.3 is 5.97 Å². The second-order valence-corrected chi connectivity index (χ2v) is 3.52. The lowest BCUT2D eigenvalue weighted by atomic mass is 10.1. The van der Waals surface area contributed by atoms with Gasteiger partial charge in [0, 0.05) is 5.02 Å². The van der Waals surface area contributed by atoms with Gasteiger partial charge in [-0.05, 0) is 24.1 Å². The zero-order chi connectivity index (χ0) is 11.3. The minimum atomic E-state index is -1.75. The van der Waals surface area contributed by atoms with E-state index in [2.05, 4.69) is 0 Å². The summed E-state index contributed by atoms with van der Waals surface area (Å²) in [5.41, 5.74) is 0.226. The van der Waals surface area contributed by atoms with Crippen molar-refractivity contribution in [3.05, 3.63) is 34.9 Å². The van der Waals surface area contributed by atoms with Crippen LogP contribution in [0.4, 0.5) is 4.39 Å². The molecule has 0 saturated carbocycles. The van der Waals surface area contributed by atoms with Crippen LogP contribution in [0.15, 0.2) is 24.3 Å². The minimum Gasteiger partial charge on any atom is -0.463 e. The number of halogens is 2. The summed E-state index contributed by atoms with van der Waals surface area (Å²) in [6.07, 6.45) is -1.08. The molecule has 0 bridgehead atoms. The summed E-state index contributed by atoms with van der Waals surface area (Å²) < 4.78 is 18.2. The molecule has 0 aliphatic rings. The maximum Gasteiger partial charge on any atom is 0.345 e. The van der Waals surface area contributed by atoms with Crippen molar-refractivity contribution in [3.63, 3.8) is 0 Å². The topological polar surface area (TPSA) is 26.3 Å². The average Bonchev–Trinajstić information content (AvgIpc) is 2.24. The zero-order valence-corrected chi connectivity index (χ0v) is 9.13. The first-order valence-electron chi connectivity index (χ1n) is 4.71. The summed E-state index contributed by atoms with van der Waals surface area (Å²) in [6, 6.07) is 6.13. The van der Waals surface area contributed by atoms with Crippen LogP contribution in [0.2, 0.25) is 5.02 Å². The third kappa shape index (κ3) is 3.51. The van der Waals surface area contributed by atoms with Crippen LogP contribution in [0.1, 0.15) is 25.1 Å². The zero-order valence-electron chi connectivity index (χ0n) is 8.37. The molecule has 0 N–H and O–H groups in total. The van der Waals surface area contributed by atoms with Gasteiger partial charge in [0.25, 0.3) is 0 Å². The van der Waals surface area contributed by atoms with Crippen LogP contribution < -0.4 is 0 Å². The fourth-order valence-electron chi connectivity index (χ4n) is 1.08. The molecule has 0 aromatic heterocycles. The van der Waals surface area contributed by atoms with Crippen molar-refractivity contribution in [2.24, 2.45) is 0 Å². The van der Waals surface area contributed by atoms with E-state index in [0.29, 0.717) is 11.4 Å². The number of carbonyl (C=O) groups is 1. The van der Waals surface area contributed by atoms with E-state index >= 15 is 0 Å². The molecular formula is C11H12ClFO2. The van der Waals surface area contributed by atoms with Crippen LogP contribution in [0, 0.1) is 0 Å². The Morgan fingerprint density at radius 1 is 1.60 bits per heavy atom. The predicted molar refractivity (Wildman–Crippen MR) is 56.6 cm³/mol. The molecule has 1 aromatic rings. The molecule has 0 spiro atoms. The van der Waals surface area contributed by atoms with Gasteiger partial charge in [-0.2, -0.15) is 0 Å². The Bertz CT molecular complexity index is 341. The molecule has 0 aliphatic heterocycles. The third-order valence-corrected chi connectivity index (χ3v) is 2.03. The number of alkyl halides is 1. The van der Waals surface area contributed by atoms with E-state index in [1.165, 1.54) is 12.1 Å². The normalized spacial score (nSPS) is 12.2. The van der Waals surface area contributed by atoms with Crippen molar-refractivity contribution in [2.45, 2.75) is 19.5 Å². The van der Waals surface area contributed by atoms with Gasteiger partial charge in [0.2, 0.25) is 6.17 Å². The van der Waals surface area contributed by atoms with Gasteiger partial charge in [-0.1, -0.05) is 30.7 Å². The van der Waals surface area contributed by atoms with Gasteiger partial charge in [0.05, 0.1) is 6.61 Å². The lowest BCUT2D eigenvalue weighted by Crippen LogP contribution is -2.12.